The monoisotopic (exact) mass is 220 g/mol. The van der Waals surface area contributed by atoms with Crippen molar-refractivity contribution < 1.29 is 14.6 Å². The van der Waals surface area contributed by atoms with Crippen LogP contribution in [0.15, 0.2) is 30.8 Å². The topological polar surface area (TPSA) is 46.5 Å². The molecule has 3 heteroatoms. The van der Waals surface area contributed by atoms with Crippen molar-refractivity contribution in [1.82, 2.24) is 0 Å². The molecule has 0 fully saturated rings. The van der Waals surface area contributed by atoms with Gasteiger partial charge in [0.05, 0.1) is 6.61 Å². The molecule has 0 bridgehead atoms. The molecule has 1 aromatic carbocycles. The highest BCUT2D eigenvalue weighted by Gasteiger charge is 2.18. The van der Waals surface area contributed by atoms with Crippen LogP contribution in [0.5, 0.6) is 0 Å². The van der Waals surface area contributed by atoms with Gasteiger partial charge in [-0.3, -0.25) is 0 Å². The third-order valence-corrected chi connectivity index (χ3v) is 2.21. The van der Waals surface area contributed by atoms with Crippen molar-refractivity contribution in [3.8, 4) is 0 Å². The van der Waals surface area contributed by atoms with Crippen LogP contribution in [0.4, 0.5) is 0 Å². The summed E-state index contributed by atoms with van der Waals surface area (Å²) in [7, 11) is 0. The van der Waals surface area contributed by atoms with Crippen molar-refractivity contribution in [3.63, 3.8) is 0 Å². The van der Waals surface area contributed by atoms with Gasteiger partial charge in [-0.05, 0) is 31.0 Å². The van der Waals surface area contributed by atoms with Gasteiger partial charge < -0.3 is 9.84 Å². The SMILES string of the molecule is C=C(C)c1cccc(C(O)C(=O)OCC)c1. The molecule has 0 radical (unpaired) electrons. The van der Waals surface area contributed by atoms with E-state index >= 15 is 0 Å². The number of rotatable bonds is 4. The molecular formula is C13H16O3. The first-order valence-corrected chi connectivity index (χ1v) is 5.16. The minimum absolute atomic E-state index is 0.260. The van der Waals surface area contributed by atoms with E-state index in [2.05, 4.69) is 6.58 Å². The van der Waals surface area contributed by atoms with Crippen LogP contribution in [-0.2, 0) is 9.53 Å². The van der Waals surface area contributed by atoms with Crippen LogP contribution in [0.1, 0.15) is 31.1 Å². The Bertz CT molecular complexity index is 396. The Balaban J connectivity index is 2.91. The van der Waals surface area contributed by atoms with E-state index < -0.39 is 12.1 Å². The van der Waals surface area contributed by atoms with Crippen LogP contribution in [0.2, 0.25) is 0 Å². The second kappa shape index (κ2) is 5.47. The molecule has 0 aliphatic carbocycles. The Labute approximate surface area is 95.4 Å². The first-order chi connectivity index (χ1) is 7.56. The molecule has 0 saturated heterocycles. The molecule has 0 heterocycles. The van der Waals surface area contributed by atoms with Crippen LogP contribution in [0.3, 0.4) is 0 Å². The van der Waals surface area contributed by atoms with Crippen molar-refractivity contribution in [2.75, 3.05) is 6.61 Å². The van der Waals surface area contributed by atoms with Crippen LogP contribution in [-0.4, -0.2) is 17.7 Å². The van der Waals surface area contributed by atoms with Crippen molar-refractivity contribution in [1.29, 1.82) is 0 Å². The summed E-state index contributed by atoms with van der Waals surface area (Å²) in [5, 5.41) is 9.72. The summed E-state index contributed by atoms with van der Waals surface area (Å²) >= 11 is 0. The van der Waals surface area contributed by atoms with E-state index in [1.807, 2.05) is 13.0 Å². The van der Waals surface area contributed by atoms with Gasteiger partial charge in [-0.1, -0.05) is 30.4 Å². The van der Waals surface area contributed by atoms with E-state index in [1.165, 1.54) is 0 Å². The Morgan fingerprint density at radius 1 is 1.56 bits per heavy atom. The number of benzene rings is 1. The minimum Gasteiger partial charge on any atom is -0.464 e. The van der Waals surface area contributed by atoms with Gasteiger partial charge in [0, 0.05) is 0 Å². The Hall–Kier alpha value is -1.61. The quantitative estimate of drug-likeness (QED) is 0.792. The molecule has 0 aliphatic rings. The number of carbonyl (C=O) groups is 1. The number of carbonyl (C=O) groups excluding carboxylic acids is 1. The van der Waals surface area contributed by atoms with Gasteiger partial charge in [0.25, 0.3) is 0 Å². The van der Waals surface area contributed by atoms with E-state index in [0.717, 1.165) is 11.1 Å². The fourth-order valence-electron chi connectivity index (χ4n) is 1.33. The number of aliphatic hydroxyl groups is 1. The number of aliphatic hydroxyl groups excluding tert-OH is 1. The van der Waals surface area contributed by atoms with Crippen molar-refractivity contribution >= 4 is 11.5 Å². The lowest BCUT2D eigenvalue weighted by molar-refractivity contribution is -0.153. The maximum Gasteiger partial charge on any atom is 0.339 e. The molecule has 0 spiro atoms. The lowest BCUT2D eigenvalue weighted by atomic mass is 10.0. The van der Waals surface area contributed by atoms with E-state index in [9.17, 15) is 9.90 Å². The molecule has 1 rings (SSSR count). The standard InChI is InChI=1S/C13H16O3/c1-4-16-13(15)12(14)11-7-5-6-10(8-11)9(2)3/h5-8,12,14H,2,4H2,1,3H3. The summed E-state index contributed by atoms with van der Waals surface area (Å²) in [6, 6.07) is 7.09. The minimum atomic E-state index is -1.22. The molecule has 1 N–H and O–H groups in total. The molecule has 3 nitrogen and oxygen atoms in total. The lowest BCUT2D eigenvalue weighted by Crippen LogP contribution is -2.15. The zero-order chi connectivity index (χ0) is 12.1. The van der Waals surface area contributed by atoms with E-state index in [-0.39, 0.29) is 6.61 Å². The fraction of sp³-hybridized carbons (Fsp3) is 0.308. The van der Waals surface area contributed by atoms with Gasteiger partial charge in [-0.15, -0.1) is 0 Å². The number of esters is 1. The van der Waals surface area contributed by atoms with Gasteiger partial charge in [-0.25, -0.2) is 4.79 Å². The average Bonchev–Trinajstić information content (AvgIpc) is 2.28. The summed E-state index contributed by atoms with van der Waals surface area (Å²) in [6.07, 6.45) is -1.22. The number of ether oxygens (including phenoxy) is 1. The number of hydrogen-bond donors (Lipinski definition) is 1. The largest absolute Gasteiger partial charge is 0.464 e. The summed E-state index contributed by atoms with van der Waals surface area (Å²) in [4.78, 5) is 11.3. The van der Waals surface area contributed by atoms with Gasteiger partial charge >= 0.3 is 5.97 Å². The highest BCUT2D eigenvalue weighted by atomic mass is 16.5. The third kappa shape index (κ3) is 2.94. The van der Waals surface area contributed by atoms with Crippen molar-refractivity contribution in [2.24, 2.45) is 0 Å². The molecular weight excluding hydrogens is 204 g/mol. The lowest BCUT2D eigenvalue weighted by Gasteiger charge is -2.11. The Kier molecular flexibility index (Phi) is 4.26. The van der Waals surface area contributed by atoms with E-state index in [4.69, 9.17) is 4.74 Å². The van der Waals surface area contributed by atoms with Crippen molar-refractivity contribution in [3.05, 3.63) is 42.0 Å². The van der Waals surface area contributed by atoms with Gasteiger partial charge in [-0.2, -0.15) is 0 Å². The second-order valence-electron chi connectivity index (χ2n) is 3.56. The molecule has 0 aromatic heterocycles. The predicted octanol–water partition coefficient (Wildman–Crippen LogP) is 2.32. The maximum absolute atomic E-state index is 11.3. The van der Waals surface area contributed by atoms with E-state index in [1.54, 1.807) is 25.1 Å². The molecule has 0 amide bonds. The molecule has 16 heavy (non-hydrogen) atoms. The zero-order valence-corrected chi connectivity index (χ0v) is 9.56. The van der Waals surface area contributed by atoms with Gasteiger partial charge in [0.15, 0.2) is 6.10 Å². The summed E-state index contributed by atoms with van der Waals surface area (Å²) in [6.45, 7) is 7.64. The Morgan fingerprint density at radius 3 is 2.81 bits per heavy atom. The van der Waals surface area contributed by atoms with Crippen LogP contribution >= 0.6 is 0 Å². The predicted molar refractivity (Wildman–Crippen MR) is 62.7 cm³/mol. The molecule has 0 aliphatic heterocycles. The fourth-order valence-corrected chi connectivity index (χ4v) is 1.33. The molecule has 86 valence electrons. The average molecular weight is 220 g/mol. The second-order valence-corrected chi connectivity index (χ2v) is 3.56. The highest BCUT2D eigenvalue weighted by molar-refractivity contribution is 5.76. The summed E-state index contributed by atoms with van der Waals surface area (Å²) in [5.74, 6) is -0.624. The molecule has 1 unspecified atom stereocenters. The highest BCUT2D eigenvalue weighted by Crippen LogP contribution is 2.19. The maximum atomic E-state index is 11.3. The zero-order valence-electron chi connectivity index (χ0n) is 9.56. The first kappa shape index (κ1) is 12.5. The first-order valence-electron chi connectivity index (χ1n) is 5.16. The van der Waals surface area contributed by atoms with Crippen molar-refractivity contribution in [2.45, 2.75) is 20.0 Å². The summed E-state index contributed by atoms with van der Waals surface area (Å²) < 4.78 is 4.75. The third-order valence-electron chi connectivity index (χ3n) is 2.21. The van der Waals surface area contributed by atoms with Gasteiger partial charge in [0.2, 0.25) is 0 Å². The van der Waals surface area contributed by atoms with Crippen LogP contribution in [0.25, 0.3) is 5.57 Å². The number of hydrogen-bond acceptors (Lipinski definition) is 3. The Morgan fingerprint density at radius 2 is 2.25 bits per heavy atom. The molecule has 1 atom stereocenters. The number of allylic oxidation sites excluding steroid dienone is 1. The normalized spacial score (nSPS) is 11.9. The molecule has 1 aromatic rings. The smallest absolute Gasteiger partial charge is 0.339 e. The van der Waals surface area contributed by atoms with E-state index in [0.29, 0.717) is 5.56 Å². The van der Waals surface area contributed by atoms with Crippen LogP contribution in [0, 0.1) is 0 Å². The van der Waals surface area contributed by atoms with Crippen LogP contribution < -0.4 is 0 Å². The summed E-state index contributed by atoms with van der Waals surface area (Å²) in [5.41, 5.74) is 2.32. The molecule has 0 saturated carbocycles. The van der Waals surface area contributed by atoms with Gasteiger partial charge in [0.1, 0.15) is 0 Å².